The van der Waals surface area contributed by atoms with E-state index < -0.39 is 84.6 Å². The molecule has 4 aromatic rings. The van der Waals surface area contributed by atoms with Gasteiger partial charge in [-0.05, 0) is 78.6 Å². The molecule has 268 valence electrons. The van der Waals surface area contributed by atoms with Gasteiger partial charge in [-0.3, -0.25) is 4.90 Å². The molecule has 3 heterocycles. The molecule has 6 rings (SSSR count). The van der Waals surface area contributed by atoms with Gasteiger partial charge in [0.05, 0.1) is 48.1 Å². The van der Waals surface area contributed by atoms with Gasteiger partial charge in [0.15, 0.2) is 0 Å². The molecule has 0 spiro atoms. The molecule has 3 aromatic carbocycles. The predicted octanol–water partition coefficient (Wildman–Crippen LogP) is 8.53. The molecule has 8 nitrogen and oxygen atoms in total. The Kier molecular flexibility index (Phi) is 8.66. The summed E-state index contributed by atoms with van der Waals surface area (Å²) in [6.45, 7) is 1.05. The number of rotatable bonds is 7. The number of benzene rings is 3. The van der Waals surface area contributed by atoms with E-state index in [9.17, 15) is 49.8 Å². The van der Waals surface area contributed by atoms with Crippen molar-refractivity contribution in [3.63, 3.8) is 0 Å². The van der Waals surface area contributed by atoms with Crippen LogP contribution in [0.5, 0.6) is 0 Å². The first-order valence-electron chi connectivity index (χ1n) is 15.1. The molecule has 2 atom stereocenters. The van der Waals surface area contributed by atoms with Gasteiger partial charge >= 0.3 is 24.4 Å². The van der Waals surface area contributed by atoms with Gasteiger partial charge in [0, 0.05) is 17.3 Å². The van der Waals surface area contributed by atoms with E-state index in [0.717, 1.165) is 15.9 Å². The molecule has 1 amide bonds. The Hall–Kier alpha value is -5.35. The molecule has 0 radical (unpaired) electrons. The number of amides is 1. The zero-order valence-corrected chi connectivity index (χ0v) is 26.4. The second-order valence-electron chi connectivity index (χ2n) is 12.3. The van der Waals surface area contributed by atoms with Crippen LogP contribution in [-0.4, -0.2) is 57.1 Å². The average molecular weight is 725 g/mol. The quantitative estimate of drug-likeness (QED) is 0.191. The van der Waals surface area contributed by atoms with Gasteiger partial charge in [-0.2, -0.15) is 26.3 Å². The van der Waals surface area contributed by atoms with E-state index >= 15 is 4.39 Å². The van der Waals surface area contributed by atoms with Crippen molar-refractivity contribution in [1.82, 2.24) is 14.9 Å². The number of carboxylic acids is 1. The predicted molar refractivity (Wildman–Crippen MR) is 162 cm³/mol. The van der Waals surface area contributed by atoms with Crippen LogP contribution in [0, 0.1) is 12.7 Å². The lowest BCUT2D eigenvalue weighted by Gasteiger charge is -2.38. The second kappa shape index (κ2) is 12.5. The van der Waals surface area contributed by atoms with E-state index in [1.54, 1.807) is 6.92 Å². The summed E-state index contributed by atoms with van der Waals surface area (Å²) < 4.78 is 129. The highest BCUT2D eigenvalue weighted by atomic mass is 19.4. The van der Waals surface area contributed by atoms with E-state index in [4.69, 9.17) is 4.74 Å². The van der Waals surface area contributed by atoms with E-state index in [1.165, 1.54) is 43.5 Å². The number of ether oxygens (including phenoxy) is 1. The third-order valence-electron chi connectivity index (χ3n) is 8.67. The molecule has 0 unspecified atom stereocenters. The van der Waals surface area contributed by atoms with Crippen LogP contribution >= 0.6 is 0 Å². The summed E-state index contributed by atoms with van der Waals surface area (Å²) in [6, 6.07) is 7.70. The molecule has 1 aromatic heterocycles. The van der Waals surface area contributed by atoms with E-state index in [1.807, 2.05) is 0 Å². The lowest BCUT2D eigenvalue weighted by molar-refractivity contribution is -0.143. The minimum absolute atomic E-state index is 0.0233. The number of aromatic nitrogens is 2. The number of nitrogens with zero attached hydrogens (tertiary/aromatic N) is 4. The lowest BCUT2D eigenvalue weighted by Crippen LogP contribution is -2.57. The minimum atomic E-state index is -5.15. The van der Waals surface area contributed by atoms with Crippen molar-refractivity contribution >= 4 is 18.0 Å². The number of carbonyl (C=O) groups is 2. The zero-order chi connectivity index (χ0) is 37.2. The number of halogens is 9. The van der Waals surface area contributed by atoms with Crippen LogP contribution in [-0.2, 0) is 23.6 Å². The Morgan fingerprint density at radius 1 is 0.941 bits per heavy atom. The minimum Gasteiger partial charge on any atom is -0.478 e. The molecule has 17 heteroatoms. The molecule has 2 aliphatic heterocycles. The van der Waals surface area contributed by atoms with Gasteiger partial charge in [-0.25, -0.2) is 32.7 Å². The normalized spacial score (nSPS) is 18.8. The standard InChI is InChI=1S/C34H25F9N4O4/c1-16-7-19(29(48)49)3-5-23(16)24-10-18(4-6-26(24)35)25-12-44-30(46-14-32(36,37)15-46)45-27(25)13-47-17(2)28(51-31(47)50)20-8-21(33(38,39)40)11-22(9-20)34(41,42)43/h3-12,17,28H,13-15H2,1-2H3,(H,48,49)/t17-,28-/m0/s1. The van der Waals surface area contributed by atoms with Gasteiger partial charge in [0.25, 0.3) is 5.92 Å². The number of cyclic esters (lactones) is 1. The molecule has 0 saturated carbocycles. The monoisotopic (exact) mass is 724 g/mol. The highest BCUT2D eigenvalue weighted by Crippen LogP contribution is 2.42. The van der Waals surface area contributed by atoms with Crippen LogP contribution in [0.15, 0.2) is 60.8 Å². The fraction of sp³-hybridized carbons (Fsp3) is 0.294. The Bertz CT molecular complexity index is 2010. The number of hydrogen-bond acceptors (Lipinski definition) is 6. The summed E-state index contributed by atoms with van der Waals surface area (Å²) in [4.78, 5) is 35.4. The molecule has 0 bridgehead atoms. The van der Waals surface area contributed by atoms with Crippen molar-refractivity contribution in [3.05, 3.63) is 100 Å². The van der Waals surface area contributed by atoms with Gasteiger partial charge in [0.1, 0.15) is 11.9 Å². The summed E-state index contributed by atoms with van der Waals surface area (Å²) in [7, 11) is 0. The Morgan fingerprint density at radius 3 is 2.16 bits per heavy atom. The van der Waals surface area contributed by atoms with E-state index in [0.29, 0.717) is 23.3 Å². The lowest BCUT2D eigenvalue weighted by atomic mass is 9.94. The molecule has 51 heavy (non-hydrogen) atoms. The highest BCUT2D eigenvalue weighted by molar-refractivity contribution is 5.89. The number of carbonyl (C=O) groups excluding carboxylic acids is 1. The number of aromatic carboxylic acids is 1. The largest absolute Gasteiger partial charge is 0.478 e. The highest BCUT2D eigenvalue weighted by Gasteiger charge is 2.46. The summed E-state index contributed by atoms with van der Waals surface area (Å²) in [6.07, 6.45) is -11.7. The molecule has 1 N–H and O–H groups in total. The van der Waals surface area contributed by atoms with Gasteiger partial charge < -0.3 is 14.7 Å². The third-order valence-corrected chi connectivity index (χ3v) is 8.67. The Balaban J connectivity index is 1.39. The van der Waals surface area contributed by atoms with Crippen molar-refractivity contribution in [1.29, 1.82) is 0 Å². The number of hydrogen-bond donors (Lipinski definition) is 1. The fourth-order valence-electron chi connectivity index (χ4n) is 6.04. The topological polar surface area (TPSA) is 95.9 Å². The summed E-state index contributed by atoms with van der Waals surface area (Å²) >= 11 is 0. The van der Waals surface area contributed by atoms with E-state index in [-0.39, 0.29) is 40.0 Å². The molecule has 2 saturated heterocycles. The number of anilines is 1. The van der Waals surface area contributed by atoms with Crippen LogP contribution in [0.2, 0.25) is 0 Å². The first-order valence-corrected chi connectivity index (χ1v) is 15.1. The second-order valence-corrected chi connectivity index (χ2v) is 12.3. The summed E-state index contributed by atoms with van der Waals surface area (Å²) in [5, 5.41) is 9.32. The number of alkyl halides is 8. The van der Waals surface area contributed by atoms with E-state index in [2.05, 4.69) is 9.97 Å². The smallest absolute Gasteiger partial charge is 0.416 e. The van der Waals surface area contributed by atoms with Crippen molar-refractivity contribution in [3.8, 4) is 22.3 Å². The summed E-state index contributed by atoms with van der Waals surface area (Å²) in [5.41, 5.74) is -2.44. The van der Waals surface area contributed by atoms with Crippen LogP contribution < -0.4 is 4.90 Å². The van der Waals surface area contributed by atoms with Gasteiger partial charge in [-0.15, -0.1) is 0 Å². The molecule has 2 fully saturated rings. The van der Waals surface area contributed by atoms with Gasteiger partial charge in [0.2, 0.25) is 5.95 Å². The van der Waals surface area contributed by atoms with Gasteiger partial charge in [-0.1, -0.05) is 12.1 Å². The van der Waals surface area contributed by atoms with Crippen molar-refractivity contribution < 1.29 is 58.9 Å². The first-order chi connectivity index (χ1) is 23.7. The Morgan fingerprint density at radius 2 is 1.59 bits per heavy atom. The number of aryl methyl sites for hydroxylation is 1. The third kappa shape index (κ3) is 7.01. The zero-order valence-electron chi connectivity index (χ0n) is 26.4. The van der Waals surface area contributed by atoms with Crippen LogP contribution in [0.4, 0.5) is 50.3 Å². The van der Waals surface area contributed by atoms with Crippen molar-refractivity contribution in [2.45, 2.75) is 50.8 Å². The van der Waals surface area contributed by atoms with Crippen LogP contribution in [0.3, 0.4) is 0 Å². The SMILES string of the molecule is Cc1cc(C(=O)O)ccc1-c1cc(-c2cnc(N3CC(F)(F)C3)nc2CN2C(=O)O[C@H](c3cc(C(F)(F)F)cc(C(F)(F)F)c3)[C@@H]2C)ccc1F. The molecule has 0 aliphatic carbocycles. The number of carboxylic acid groups (broad SMARTS) is 1. The molecular weight excluding hydrogens is 699 g/mol. The summed E-state index contributed by atoms with van der Waals surface area (Å²) in [5.74, 6) is -5.02. The molecular formula is C34H25F9N4O4. The average Bonchev–Trinajstić information content (AvgIpc) is 3.31. The van der Waals surface area contributed by atoms with Crippen molar-refractivity contribution in [2.75, 3.05) is 18.0 Å². The first kappa shape index (κ1) is 35.5. The maximum absolute atomic E-state index is 15.2. The maximum Gasteiger partial charge on any atom is 0.416 e. The van der Waals surface area contributed by atoms with Crippen molar-refractivity contribution in [2.24, 2.45) is 0 Å². The van der Waals surface area contributed by atoms with Crippen LogP contribution in [0.25, 0.3) is 22.3 Å². The fourth-order valence-corrected chi connectivity index (χ4v) is 6.04. The molecule has 2 aliphatic rings. The Labute approximate surface area is 283 Å². The maximum atomic E-state index is 15.2. The van der Waals surface area contributed by atoms with Crippen LogP contribution in [0.1, 0.15) is 51.3 Å².